The molecule has 0 saturated heterocycles. The summed E-state index contributed by atoms with van der Waals surface area (Å²) in [7, 11) is 0. The third-order valence-corrected chi connectivity index (χ3v) is 7.05. The first-order valence-electron chi connectivity index (χ1n) is 10.9. The molecular weight excluding hydrogens is 416 g/mol. The molecule has 2 N–H and O–H groups in total. The topological polar surface area (TPSA) is 58.2 Å². The van der Waals surface area contributed by atoms with Crippen LogP contribution in [0.3, 0.4) is 0 Å². The second-order valence-electron chi connectivity index (χ2n) is 8.31. The molecule has 5 rings (SSSR count). The highest BCUT2D eigenvalue weighted by atomic mass is 32.2. The fourth-order valence-corrected chi connectivity index (χ4v) is 5.29. The van der Waals surface area contributed by atoms with Crippen LogP contribution in [-0.2, 0) is 11.2 Å². The summed E-state index contributed by atoms with van der Waals surface area (Å²) in [5, 5.41) is 6.14. The number of hydrogen-bond acceptors (Lipinski definition) is 3. The maximum Gasteiger partial charge on any atom is 0.262 e. The number of fused-ring (bicyclic) bond motifs is 2. The molecule has 3 aromatic rings. The molecule has 0 unspecified atom stereocenters. The van der Waals surface area contributed by atoms with Crippen molar-refractivity contribution in [3.05, 3.63) is 99.5 Å². The Kier molecular flexibility index (Phi) is 5.58. The van der Waals surface area contributed by atoms with Crippen molar-refractivity contribution >= 4 is 35.3 Å². The molecule has 1 atom stereocenters. The van der Waals surface area contributed by atoms with Gasteiger partial charge in [-0.2, -0.15) is 0 Å². The van der Waals surface area contributed by atoms with Crippen molar-refractivity contribution in [1.82, 2.24) is 5.32 Å². The number of aryl methyl sites for hydroxylation is 2. The van der Waals surface area contributed by atoms with Gasteiger partial charge >= 0.3 is 0 Å². The van der Waals surface area contributed by atoms with Crippen LogP contribution >= 0.6 is 11.8 Å². The van der Waals surface area contributed by atoms with Gasteiger partial charge in [-0.15, -0.1) is 0 Å². The Balaban J connectivity index is 1.35. The molecule has 0 spiro atoms. The molecule has 5 heteroatoms. The Hall–Kier alpha value is -3.31. The van der Waals surface area contributed by atoms with Gasteiger partial charge in [-0.25, -0.2) is 0 Å². The lowest BCUT2D eigenvalue weighted by molar-refractivity contribution is -0.112. The lowest BCUT2D eigenvalue weighted by atomic mass is 9.87. The normalized spacial score (nSPS) is 18.5. The Morgan fingerprint density at radius 2 is 1.97 bits per heavy atom. The molecular formula is C27H24N2O2S. The SMILES string of the molecule is Cc1cccc(/C=C2/Sc3ccc(C(=O)N[C@H]4CCCc5ccccc54)cc3NC2=O)c1. The minimum atomic E-state index is -0.150. The van der Waals surface area contributed by atoms with E-state index in [1.807, 2.05) is 55.5 Å². The zero-order chi connectivity index (χ0) is 22.1. The number of nitrogens with one attached hydrogen (secondary N) is 2. The molecule has 0 saturated carbocycles. The van der Waals surface area contributed by atoms with E-state index in [0.29, 0.717) is 16.2 Å². The van der Waals surface area contributed by atoms with Crippen LogP contribution in [0.15, 0.2) is 76.5 Å². The quantitative estimate of drug-likeness (QED) is 0.500. The van der Waals surface area contributed by atoms with Crippen molar-refractivity contribution in [3.8, 4) is 0 Å². The van der Waals surface area contributed by atoms with Gasteiger partial charge in [-0.3, -0.25) is 9.59 Å². The number of thioether (sulfide) groups is 1. The molecule has 0 radical (unpaired) electrons. The maximum absolute atomic E-state index is 13.0. The fourth-order valence-electron chi connectivity index (χ4n) is 4.36. The summed E-state index contributed by atoms with van der Waals surface area (Å²) in [4.78, 5) is 27.2. The van der Waals surface area contributed by atoms with Gasteiger partial charge in [0.2, 0.25) is 0 Å². The lowest BCUT2D eigenvalue weighted by Crippen LogP contribution is -2.31. The summed E-state index contributed by atoms with van der Waals surface area (Å²) >= 11 is 1.43. The van der Waals surface area contributed by atoms with Crippen LogP contribution in [0.2, 0.25) is 0 Å². The first-order chi connectivity index (χ1) is 15.6. The minimum Gasteiger partial charge on any atom is -0.345 e. The number of benzene rings is 3. The second-order valence-corrected chi connectivity index (χ2v) is 9.39. The summed E-state index contributed by atoms with van der Waals surface area (Å²) < 4.78 is 0. The average molecular weight is 441 g/mol. The molecule has 1 aliphatic carbocycles. The molecule has 32 heavy (non-hydrogen) atoms. The number of anilines is 1. The van der Waals surface area contributed by atoms with Gasteiger partial charge < -0.3 is 10.6 Å². The molecule has 3 aromatic carbocycles. The van der Waals surface area contributed by atoms with Crippen molar-refractivity contribution in [1.29, 1.82) is 0 Å². The first-order valence-corrected chi connectivity index (χ1v) is 11.7. The van der Waals surface area contributed by atoms with E-state index >= 15 is 0 Å². The number of carbonyl (C=O) groups excluding carboxylic acids is 2. The van der Waals surface area contributed by atoms with Crippen LogP contribution in [0.1, 0.15) is 51.5 Å². The first kappa shape index (κ1) is 20.6. The van der Waals surface area contributed by atoms with Crippen LogP contribution in [0.25, 0.3) is 6.08 Å². The van der Waals surface area contributed by atoms with E-state index in [9.17, 15) is 9.59 Å². The summed E-state index contributed by atoms with van der Waals surface area (Å²) in [6.45, 7) is 2.03. The molecule has 1 aliphatic heterocycles. The highest BCUT2D eigenvalue weighted by Crippen LogP contribution is 2.39. The third kappa shape index (κ3) is 4.21. The van der Waals surface area contributed by atoms with Crippen molar-refractivity contribution in [2.45, 2.75) is 37.1 Å². The van der Waals surface area contributed by atoms with E-state index in [0.717, 1.165) is 35.3 Å². The van der Waals surface area contributed by atoms with E-state index in [4.69, 9.17) is 0 Å². The lowest BCUT2D eigenvalue weighted by Gasteiger charge is -2.26. The van der Waals surface area contributed by atoms with Crippen LogP contribution in [0, 0.1) is 6.92 Å². The van der Waals surface area contributed by atoms with E-state index in [1.165, 1.54) is 22.9 Å². The van der Waals surface area contributed by atoms with Crippen molar-refractivity contribution in [3.63, 3.8) is 0 Å². The van der Waals surface area contributed by atoms with Gasteiger partial charge in [0.1, 0.15) is 0 Å². The van der Waals surface area contributed by atoms with Crippen LogP contribution in [-0.4, -0.2) is 11.8 Å². The van der Waals surface area contributed by atoms with E-state index in [1.54, 1.807) is 6.07 Å². The fraction of sp³-hybridized carbons (Fsp3) is 0.185. The van der Waals surface area contributed by atoms with Crippen molar-refractivity contribution < 1.29 is 9.59 Å². The molecule has 2 amide bonds. The maximum atomic E-state index is 13.0. The molecule has 0 fully saturated rings. The monoisotopic (exact) mass is 440 g/mol. The molecule has 0 bridgehead atoms. The molecule has 2 aliphatic rings. The van der Waals surface area contributed by atoms with Crippen molar-refractivity contribution in [2.75, 3.05) is 5.32 Å². The third-order valence-electron chi connectivity index (χ3n) is 5.95. The van der Waals surface area contributed by atoms with Gasteiger partial charge in [0.15, 0.2) is 0 Å². The molecule has 0 aromatic heterocycles. The summed E-state index contributed by atoms with van der Waals surface area (Å²) in [5.74, 6) is -0.266. The number of carbonyl (C=O) groups is 2. The highest BCUT2D eigenvalue weighted by molar-refractivity contribution is 8.04. The average Bonchev–Trinajstić information content (AvgIpc) is 2.79. The summed E-state index contributed by atoms with van der Waals surface area (Å²) in [6.07, 6.45) is 4.96. The standard InChI is InChI=1S/C27H24N2O2S/c1-17-6-4-7-18(14-17)15-25-27(31)29-23-16-20(12-13-24(23)32-25)26(30)28-22-11-5-9-19-8-2-3-10-21(19)22/h2-4,6-8,10,12-16,22H,5,9,11H2,1H3,(H,28,30)(H,29,31)/b25-15+/t22-/m0/s1. The molecule has 4 nitrogen and oxygen atoms in total. The molecule has 1 heterocycles. The van der Waals surface area contributed by atoms with E-state index in [-0.39, 0.29) is 17.9 Å². The van der Waals surface area contributed by atoms with E-state index in [2.05, 4.69) is 28.8 Å². The van der Waals surface area contributed by atoms with Gasteiger partial charge in [0, 0.05) is 10.5 Å². The summed E-state index contributed by atoms with van der Waals surface area (Å²) in [5.41, 5.74) is 5.90. The highest BCUT2D eigenvalue weighted by Gasteiger charge is 2.25. The van der Waals surface area contributed by atoms with Crippen LogP contribution in [0.5, 0.6) is 0 Å². The molecule has 160 valence electrons. The zero-order valence-electron chi connectivity index (χ0n) is 17.9. The Morgan fingerprint density at radius 1 is 1.09 bits per heavy atom. The smallest absolute Gasteiger partial charge is 0.262 e. The largest absolute Gasteiger partial charge is 0.345 e. The van der Waals surface area contributed by atoms with Gasteiger partial charge in [-0.05, 0) is 67.2 Å². The number of amides is 2. The van der Waals surface area contributed by atoms with Crippen molar-refractivity contribution in [2.24, 2.45) is 0 Å². The Morgan fingerprint density at radius 3 is 2.84 bits per heavy atom. The minimum absolute atomic E-state index is 0.0244. The van der Waals surface area contributed by atoms with Crippen LogP contribution in [0.4, 0.5) is 5.69 Å². The summed E-state index contributed by atoms with van der Waals surface area (Å²) in [6, 6.07) is 21.9. The van der Waals surface area contributed by atoms with E-state index < -0.39 is 0 Å². The van der Waals surface area contributed by atoms with Gasteiger partial charge in [0.25, 0.3) is 11.8 Å². The predicted octanol–water partition coefficient (Wildman–Crippen LogP) is 5.89. The van der Waals surface area contributed by atoms with Gasteiger partial charge in [0.05, 0.1) is 16.6 Å². The van der Waals surface area contributed by atoms with Gasteiger partial charge in [-0.1, -0.05) is 65.9 Å². The second kappa shape index (κ2) is 8.67. The number of rotatable bonds is 3. The zero-order valence-corrected chi connectivity index (χ0v) is 18.7. The number of hydrogen-bond donors (Lipinski definition) is 2. The Labute approximate surface area is 192 Å². The predicted molar refractivity (Wildman–Crippen MR) is 130 cm³/mol. The van der Waals surface area contributed by atoms with Crippen LogP contribution < -0.4 is 10.6 Å². The Bertz CT molecular complexity index is 1250.